The summed E-state index contributed by atoms with van der Waals surface area (Å²) in [4.78, 5) is 0. The van der Waals surface area contributed by atoms with Crippen LogP contribution in [0.5, 0.6) is 0 Å². The van der Waals surface area contributed by atoms with Gasteiger partial charge in [0.05, 0.1) is 0 Å². The van der Waals surface area contributed by atoms with Gasteiger partial charge in [0.2, 0.25) is 0 Å². The van der Waals surface area contributed by atoms with Crippen molar-refractivity contribution < 1.29 is 23.3 Å². The van der Waals surface area contributed by atoms with Crippen LogP contribution in [-0.4, -0.2) is 21.1 Å². The van der Waals surface area contributed by atoms with E-state index in [4.69, 9.17) is 4.52 Å². The molecule has 78 valence electrons. The summed E-state index contributed by atoms with van der Waals surface area (Å²) in [5.41, 5.74) is 0.998. The van der Waals surface area contributed by atoms with Gasteiger partial charge in [-0.3, -0.25) is 0 Å². The quantitative estimate of drug-likeness (QED) is 0.744. The minimum absolute atomic E-state index is 0.266. The Bertz CT molecular complexity index is 324. The van der Waals surface area contributed by atoms with Crippen LogP contribution in [0.2, 0.25) is 0 Å². The molecule has 0 fully saturated rings. The summed E-state index contributed by atoms with van der Waals surface area (Å²) in [7, 11) is 0. The van der Waals surface area contributed by atoms with E-state index in [1.54, 1.807) is 0 Å². The topological polar surface area (TPSA) is 39.9 Å². The summed E-state index contributed by atoms with van der Waals surface area (Å²) < 4.78 is 7.59. The van der Waals surface area contributed by atoms with Gasteiger partial charge in [0.15, 0.2) is 0 Å². The Labute approximate surface area is 95.6 Å². The SMILES string of the molecule is CC(C)O[P+](=[W])c1cn(C(C)C)nn1. The first-order valence-corrected chi connectivity index (χ1v) is 9.68. The molecule has 0 aliphatic rings. The Morgan fingerprint density at radius 3 is 2.50 bits per heavy atom. The fraction of sp³-hybridized carbons (Fsp3) is 0.750. The first kappa shape index (κ1) is 12.2. The summed E-state index contributed by atoms with van der Waals surface area (Å²) in [5, 5.41) is 8.19. The Hall–Kier alpha value is 0.0883. The van der Waals surface area contributed by atoms with E-state index in [2.05, 4.69) is 24.2 Å². The van der Waals surface area contributed by atoms with Gasteiger partial charge in [-0.1, -0.05) is 0 Å². The summed E-state index contributed by atoms with van der Waals surface area (Å²) in [6.45, 7) is 8.27. The van der Waals surface area contributed by atoms with Crippen molar-refractivity contribution in [3.05, 3.63) is 6.20 Å². The van der Waals surface area contributed by atoms with Gasteiger partial charge in [-0.2, -0.15) is 0 Å². The molecule has 0 aromatic carbocycles. The van der Waals surface area contributed by atoms with Gasteiger partial charge in [0.1, 0.15) is 0 Å². The van der Waals surface area contributed by atoms with Crippen LogP contribution in [-0.2, 0) is 23.3 Å². The first-order chi connectivity index (χ1) is 6.50. The van der Waals surface area contributed by atoms with E-state index >= 15 is 0 Å². The van der Waals surface area contributed by atoms with E-state index < -0.39 is 5.78 Å². The molecule has 0 aliphatic heterocycles. The molecule has 1 atom stereocenters. The predicted molar refractivity (Wildman–Crippen MR) is 53.2 cm³/mol. The molecule has 4 nitrogen and oxygen atoms in total. The van der Waals surface area contributed by atoms with Crippen LogP contribution in [0.15, 0.2) is 6.20 Å². The molecular weight excluding hydrogens is 369 g/mol. The van der Waals surface area contributed by atoms with E-state index in [0.717, 1.165) is 5.44 Å². The van der Waals surface area contributed by atoms with Crippen molar-refractivity contribution in [2.45, 2.75) is 39.8 Å². The van der Waals surface area contributed by atoms with Crippen LogP contribution in [0.4, 0.5) is 0 Å². The van der Waals surface area contributed by atoms with E-state index in [1.807, 2.05) is 24.7 Å². The molecule has 0 saturated heterocycles. The number of aromatic nitrogens is 3. The van der Waals surface area contributed by atoms with Crippen LogP contribution < -0.4 is 5.44 Å². The first-order valence-electron chi connectivity index (χ1n) is 4.56. The van der Waals surface area contributed by atoms with Gasteiger partial charge in [-0.25, -0.2) is 0 Å². The molecule has 0 amide bonds. The average Bonchev–Trinajstić information content (AvgIpc) is 2.50. The zero-order valence-electron chi connectivity index (χ0n) is 8.84. The molecule has 0 N–H and O–H groups in total. The second-order valence-electron chi connectivity index (χ2n) is 3.56. The van der Waals surface area contributed by atoms with Crippen LogP contribution in [0, 0.1) is 0 Å². The van der Waals surface area contributed by atoms with Crippen molar-refractivity contribution in [3.8, 4) is 0 Å². The van der Waals surface area contributed by atoms with Crippen molar-refractivity contribution >= 4 is 11.2 Å². The van der Waals surface area contributed by atoms with Gasteiger partial charge < -0.3 is 0 Å². The third kappa shape index (κ3) is 3.34. The monoisotopic (exact) mass is 384 g/mol. The van der Waals surface area contributed by atoms with E-state index in [1.165, 1.54) is 18.8 Å². The molecule has 6 heteroatoms. The Kier molecular flexibility index (Phi) is 4.56. The zero-order chi connectivity index (χ0) is 10.7. The van der Waals surface area contributed by atoms with Gasteiger partial charge in [0.25, 0.3) is 0 Å². The minimum atomic E-state index is -0.530. The fourth-order valence-electron chi connectivity index (χ4n) is 0.849. The van der Waals surface area contributed by atoms with E-state index in [0.29, 0.717) is 6.04 Å². The predicted octanol–water partition coefficient (Wildman–Crippen LogP) is 1.77. The van der Waals surface area contributed by atoms with Crippen molar-refractivity contribution in [2.75, 3.05) is 0 Å². The third-order valence-corrected chi connectivity index (χ3v) is 5.66. The number of nitrogens with zero attached hydrogens (tertiary/aromatic N) is 3. The molecule has 1 unspecified atom stereocenters. The van der Waals surface area contributed by atoms with Crippen LogP contribution in [0.1, 0.15) is 33.7 Å². The second kappa shape index (κ2) is 5.25. The summed E-state index contributed by atoms with van der Waals surface area (Å²) in [6, 6.07) is 0.369. The standard InChI is InChI=1S/C8H15N3OP.W/c1-6(2)11-5-8(9-10-11)13-12-7(3)4;/h5-7H,1-4H3;/q-1;+2. The van der Waals surface area contributed by atoms with Crippen LogP contribution in [0.25, 0.3) is 0 Å². The second-order valence-corrected chi connectivity index (χ2v) is 8.32. The molecule has 0 spiro atoms. The van der Waals surface area contributed by atoms with Crippen molar-refractivity contribution in [1.82, 2.24) is 15.0 Å². The zero-order valence-corrected chi connectivity index (χ0v) is 12.7. The third-order valence-electron chi connectivity index (χ3n) is 1.52. The molecular formula is C8H15N3OPW+. The average molecular weight is 384 g/mol. The number of hydrogen-bond acceptors (Lipinski definition) is 3. The van der Waals surface area contributed by atoms with Gasteiger partial charge in [-0.05, 0) is 0 Å². The molecule has 1 heterocycles. The van der Waals surface area contributed by atoms with E-state index in [9.17, 15) is 0 Å². The summed E-state index contributed by atoms with van der Waals surface area (Å²) >= 11 is 1.43. The fourth-order valence-corrected chi connectivity index (χ4v) is 4.42. The van der Waals surface area contributed by atoms with Crippen molar-refractivity contribution in [1.29, 1.82) is 0 Å². The van der Waals surface area contributed by atoms with Gasteiger partial charge >= 0.3 is 95.6 Å². The maximum absolute atomic E-state index is 5.72. The van der Waals surface area contributed by atoms with Crippen molar-refractivity contribution in [2.24, 2.45) is 0 Å². The molecule has 0 saturated carbocycles. The van der Waals surface area contributed by atoms with Crippen LogP contribution >= 0.6 is 5.78 Å². The number of hydrogen-bond donors (Lipinski definition) is 0. The Morgan fingerprint density at radius 2 is 2.07 bits per heavy atom. The Morgan fingerprint density at radius 1 is 1.43 bits per heavy atom. The van der Waals surface area contributed by atoms with Crippen LogP contribution in [0.3, 0.4) is 0 Å². The van der Waals surface area contributed by atoms with Gasteiger partial charge in [0, 0.05) is 0 Å². The molecule has 1 aromatic rings. The molecule has 0 aliphatic carbocycles. The molecule has 0 bridgehead atoms. The molecule has 0 radical (unpaired) electrons. The Balaban J connectivity index is 2.71. The van der Waals surface area contributed by atoms with E-state index in [-0.39, 0.29) is 6.10 Å². The summed E-state index contributed by atoms with van der Waals surface area (Å²) in [6.07, 6.45) is 2.26. The normalized spacial score (nSPS) is 12.6. The number of rotatable bonds is 4. The summed E-state index contributed by atoms with van der Waals surface area (Å²) in [5.74, 6) is -0.530. The van der Waals surface area contributed by atoms with Gasteiger partial charge in [-0.15, -0.1) is 0 Å². The van der Waals surface area contributed by atoms with Crippen molar-refractivity contribution in [3.63, 3.8) is 0 Å². The molecule has 1 rings (SSSR count). The maximum atomic E-state index is 5.72. The molecule has 1 aromatic heterocycles. The molecule has 14 heavy (non-hydrogen) atoms.